The van der Waals surface area contributed by atoms with E-state index in [4.69, 9.17) is 0 Å². The Hall–Kier alpha value is -1.55. The smallest absolute Gasteiger partial charge is 0.127 e. The highest BCUT2D eigenvalue weighted by atomic mass is 79.9. The van der Waals surface area contributed by atoms with E-state index in [2.05, 4.69) is 50.6 Å². The first-order chi connectivity index (χ1) is 8.78. The number of benzene rings is 1. The number of anilines is 2. The number of nitrogens with zero attached hydrogens (tertiary/aromatic N) is 1. The highest BCUT2D eigenvalue weighted by Crippen LogP contribution is 2.15. The second-order valence-corrected chi connectivity index (χ2v) is 4.86. The molecule has 1 heterocycles. The van der Waals surface area contributed by atoms with Crippen molar-refractivity contribution in [3.05, 3.63) is 52.6 Å². The molecule has 0 aliphatic rings. The van der Waals surface area contributed by atoms with Crippen LogP contribution in [0.2, 0.25) is 0 Å². The molecule has 1 aromatic carbocycles. The minimum absolute atomic E-state index is 0.801. The molecule has 2 aromatic rings. The molecular formula is C14H16BrN3. The summed E-state index contributed by atoms with van der Waals surface area (Å²) in [6.45, 7) is 3.74. The van der Waals surface area contributed by atoms with E-state index in [1.165, 1.54) is 5.56 Å². The van der Waals surface area contributed by atoms with Crippen LogP contribution in [0.3, 0.4) is 0 Å². The molecule has 0 bridgehead atoms. The Labute approximate surface area is 116 Å². The minimum Gasteiger partial charge on any atom is -0.381 e. The van der Waals surface area contributed by atoms with Gasteiger partial charge in [0.15, 0.2) is 0 Å². The van der Waals surface area contributed by atoms with Gasteiger partial charge in [-0.1, -0.05) is 28.1 Å². The van der Waals surface area contributed by atoms with Crippen molar-refractivity contribution in [3.8, 4) is 0 Å². The number of nitrogens with one attached hydrogen (secondary N) is 2. The van der Waals surface area contributed by atoms with Gasteiger partial charge in [0.2, 0.25) is 0 Å². The van der Waals surface area contributed by atoms with Crippen molar-refractivity contribution in [2.24, 2.45) is 0 Å². The summed E-state index contributed by atoms with van der Waals surface area (Å²) in [6, 6.07) is 12.3. The molecule has 4 heteroatoms. The summed E-state index contributed by atoms with van der Waals surface area (Å²) < 4.78 is 1.10. The van der Waals surface area contributed by atoms with Gasteiger partial charge < -0.3 is 10.6 Å². The van der Waals surface area contributed by atoms with Gasteiger partial charge >= 0.3 is 0 Å². The second kappa shape index (κ2) is 6.40. The summed E-state index contributed by atoms with van der Waals surface area (Å²) in [5, 5.41) is 6.58. The molecule has 0 aliphatic carbocycles. The van der Waals surface area contributed by atoms with Gasteiger partial charge in [-0.2, -0.15) is 0 Å². The van der Waals surface area contributed by atoms with Gasteiger partial charge in [-0.25, -0.2) is 4.98 Å². The Bertz CT molecular complexity index is 514. The molecule has 0 saturated heterocycles. The van der Waals surface area contributed by atoms with Crippen molar-refractivity contribution in [1.29, 1.82) is 0 Å². The molecule has 0 amide bonds. The number of pyridine rings is 1. The normalized spacial score (nSPS) is 10.1. The molecular weight excluding hydrogens is 290 g/mol. The molecule has 0 saturated carbocycles. The van der Waals surface area contributed by atoms with E-state index in [-0.39, 0.29) is 0 Å². The summed E-state index contributed by atoms with van der Waals surface area (Å²) in [5.74, 6) is 0.900. The Morgan fingerprint density at radius 2 is 2.06 bits per heavy atom. The Morgan fingerprint density at radius 3 is 2.83 bits per heavy atom. The standard InChI is InChI=1S/C14H16BrN3/c1-2-16-14-9-13(6-7-17-14)18-10-11-4-3-5-12(15)8-11/h3-9H,2,10H2,1H3,(H2,16,17,18). The second-order valence-electron chi connectivity index (χ2n) is 3.94. The van der Waals surface area contributed by atoms with Gasteiger partial charge in [0.05, 0.1) is 0 Å². The maximum Gasteiger partial charge on any atom is 0.127 e. The molecule has 1 aromatic heterocycles. The van der Waals surface area contributed by atoms with Crippen LogP contribution in [0.15, 0.2) is 47.1 Å². The van der Waals surface area contributed by atoms with E-state index in [9.17, 15) is 0 Å². The van der Waals surface area contributed by atoms with Gasteiger partial charge in [-0.3, -0.25) is 0 Å². The first-order valence-corrected chi connectivity index (χ1v) is 6.75. The number of rotatable bonds is 5. The van der Waals surface area contributed by atoms with E-state index < -0.39 is 0 Å². The molecule has 2 N–H and O–H groups in total. The van der Waals surface area contributed by atoms with E-state index >= 15 is 0 Å². The van der Waals surface area contributed by atoms with Crippen LogP contribution in [-0.2, 0) is 6.54 Å². The number of aromatic nitrogens is 1. The van der Waals surface area contributed by atoms with E-state index in [1.807, 2.05) is 24.3 Å². The molecule has 2 rings (SSSR count). The minimum atomic E-state index is 0.801. The van der Waals surface area contributed by atoms with Crippen LogP contribution in [0.25, 0.3) is 0 Å². The Kier molecular flexibility index (Phi) is 4.59. The zero-order valence-corrected chi connectivity index (χ0v) is 11.9. The number of halogens is 1. The third kappa shape index (κ3) is 3.74. The first-order valence-electron chi connectivity index (χ1n) is 5.96. The lowest BCUT2D eigenvalue weighted by atomic mass is 10.2. The van der Waals surface area contributed by atoms with Crippen molar-refractivity contribution in [2.75, 3.05) is 17.2 Å². The van der Waals surface area contributed by atoms with Crippen molar-refractivity contribution >= 4 is 27.4 Å². The Balaban J connectivity index is 1.99. The molecule has 0 atom stereocenters. The fourth-order valence-electron chi connectivity index (χ4n) is 1.67. The van der Waals surface area contributed by atoms with E-state index in [0.717, 1.165) is 29.1 Å². The summed E-state index contributed by atoms with van der Waals surface area (Å²) in [7, 11) is 0. The highest BCUT2D eigenvalue weighted by Gasteiger charge is 1.97. The average molecular weight is 306 g/mol. The predicted octanol–water partition coefficient (Wildman–Crippen LogP) is 3.89. The SMILES string of the molecule is CCNc1cc(NCc2cccc(Br)c2)ccn1. The zero-order chi connectivity index (χ0) is 12.8. The van der Waals surface area contributed by atoms with E-state index in [0.29, 0.717) is 0 Å². The molecule has 0 unspecified atom stereocenters. The summed E-state index contributed by atoms with van der Waals surface area (Å²) in [5.41, 5.74) is 2.31. The lowest BCUT2D eigenvalue weighted by Crippen LogP contribution is -2.02. The predicted molar refractivity (Wildman–Crippen MR) is 79.9 cm³/mol. The number of hydrogen-bond donors (Lipinski definition) is 2. The van der Waals surface area contributed by atoms with Crippen LogP contribution in [-0.4, -0.2) is 11.5 Å². The fraction of sp³-hybridized carbons (Fsp3) is 0.214. The molecule has 0 aliphatic heterocycles. The molecule has 0 fully saturated rings. The van der Waals surface area contributed by atoms with Gasteiger partial charge in [-0.05, 0) is 30.7 Å². The van der Waals surface area contributed by atoms with Gasteiger partial charge in [0.25, 0.3) is 0 Å². The summed E-state index contributed by atoms with van der Waals surface area (Å²) in [4.78, 5) is 4.24. The monoisotopic (exact) mass is 305 g/mol. The molecule has 3 nitrogen and oxygen atoms in total. The molecule has 0 spiro atoms. The van der Waals surface area contributed by atoms with Gasteiger partial charge in [0.1, 0.15) is 5.82 Å². The highest BCUT2D eigenvalue weighted by molar-refractivity contribution is 9.10. The van der Waals surface area contributed by atoms with Crippen LogP contribution < -0.4 is 10.6 Å². The van der Waals surface area contributed by atoms with Crippen molar-refractivity contribution in [3.63, 3.8) is 0 Å². The van der Waals surface area contributed by atoms with Crippen LogP contribution in [0, 0.1) is 0 Å². The quantitative estimate of drug-likeness (QED) is 0.880. The summed E-state index contributed by atoms with van der Waals surface area (Å²) >= 11 is 3.47. The molecule has 18 heavy (non-hydrogen) atoms. The van der Waals surface area contributed by atoms with Crippen molar-refractivity contribution in [1.82, 2.24) is 4.98 Å². The van der Waals surface area contributed by atoms with Gasteiger partial charge in [0, 0.05) is 35.5 Å². The largest absolute Gasteiger partial charge is 0.381 e. The fourth-order valence-corrected chi connectivity index (χ4v) is 2.12. The van der Waals surface area contributed by atoms with Crippen LogP contribution in [0.5, 0.6) is 0 Å². The first kappa shape index (κ1) is 12.9. The topological polar surface area (TPSA) is 37.0 Å². The van der Waals surface area contributed by atoms with Crippen molar-refractivity contribution in [2.45, 2.75) is 13.5 Å². The molecule has 0 radical (unpaired) electrons. The van der Waals surface area contributed by atoms with E-state index in [1.54, 1.807) is 6.20 Å². The van der Waals surface area contributed by atoms with Crippen molar-refractivity contribution < 1.29 is 0 Å². The maximum absolute atomic E-state index is 4.24. The lowest BCUT2D eigenvalue weighted by molar-refractivity contribution is 1.12. The van der Waals surface area contributed by atoms with Crippen LogP contribution in [0.1, 0.15) is 12.5 Å². The Morgan fingerprint density at radius 1 is 1.17 bits per heavy atom. The van der Waals surface area contributed by atoms with Gasteiger partial charge in [-0.15, -0.1) is 0 Å². The lowest BCUT2D eigenvalue weighted by Gasteiger charge is -2.08. The van der Waals surface area contributed by atoms with Crippen LogP contribution in [0.4, 0.5) is 11.5 Å². The third-order valence-electron chi connectivity index (χ3n) is 2.50. The summed E-state index contributed by atoms with van der Waals surface area (Å²) in [6.07, 6.45) is 1.81. The molecule has 94 valence electrons. The zero-order valence-electron chi connectivity index (χ0n) is 10.3. The third-order valence-corrected chi connectivity index (χ3v) is 3.00. The average Bonchev–Trinajstić information content (AvgIpc) is 2.37. The van der Waals surface area contributed by atoms with Crippen LogP contribution >= 0.6 is 15.9 Å². The number of hydrogen-bond acceptors (Lipinski definition) is 3. The maximum atomic E-state index is 4.24.